The summed E-state index contributed by atoms with van der Waals surface area (Å²) in [6, 6.07) is 0. The minimum absolute atomic E-state index is 0.0105. The van der Waals surface area contributed by atoms with Crippen LogP contribution in [-0.2, 0) is 9.59 Å². The smallest absolute Gasteiger partial charge is 0.139 e. The molecule has 1 N–H and O–H groups in total. The molecule has 3 saturated carbocycles. The molecule has 0 bridgehead atoms. The quantitative estimate of drug-likeness (QED) is 0.692. The molecule has 3 aliphatic rings. The normalized spacial score (nSPS) is 42.2. The molecular formula is C21H34O3S. The molecule has 4 heteroatoms. The Morgan fingerprint density at radius 2 is 2.08 bits per heavy atom. The number of fused-ring (bicyclic) bond motifs is 3. The van der Waals surface area contributed by atoms with E-state index in [-0.39, 0.29) is 22.9 Å². The maximum atomic E-state index is 12.9. The van der Waals surface area contributed by atoms with Crippen LogP contribution in [0.15, 0.2) is 0 Å². The van der Waals surface area contributed by atoms with Crippen molar-refractivity contribution in [1.29, 1.82) is 0 Å². The van der Waals surface area contributed by atoms with Crippen LogP contribution in [0.5, 0.6) is 0 Å². The van der Waals surface area contributed by atoms with Gasteiger partial charge in [-0.1, -0.05) is 26.7 Å². The highest BCUT2D eigenvalue weighted by atomic mass is 32.1. The molecule has 0 amide bonds. The molecule has 3 aliphatic carbocycles. The van der Waals surface area contributed by atoms with Gasteiger partial charge in [0.15, 0.2) is 0 Å². The van der Waals surface area contributed by atoms with E-state index in [0.717, 1.165) is 57.1 Å². The molecule has 0 aromatic heterocycles. The first-order valence-electron chi connectivity index (χ1n) is 10.2. The molecule has 0 aromatic carbocycles. The zero-order valence-corrected chi connectivity index (χ0v) is 16.7. The number of hydrogen-bond donors (Lipinski definition) is 2. The number of ketones is 2. The number of Topliss-reactive ketones (excluding diaryl/α,β-unsaturated/α-hetero) is 2. The zero-order valence-electron chi connectivity index (χ0n) is 15.8. The van der Waals surface area contributed by atoms with Gasteiger partial charge in [-0.2, -0.15) is 12.6 Å². The summed E-state index contributed by atoms with van der Waals surface area (Å²) in [7, 11) is 0. The van der Waals surface area contributed by atoms with Crippen LogP contribution in [0.3, 0.4) is 0 Å². The summed E-state index contributed by atoms with van der Waals surface area (Å²) in [5, 5.41) is 10.5. The third-order valence-corrected chi connectivity index (χ3v) is 8.35. The second kappa shape index (κ2) is 7.34. The van der Waals surface area contributed by atoms with E-state index in [1.165, 1.54) is 0 Å². The number of hydrogen-bond acceptors (Lipinski definition) is 4. The summed E-state index contributed by atoms with van der Waals surface area (Å²) in [5.74, 6) is 2.21. The van der Waals surface area contributed by atoms with Crippen molar-refractivity contribution >= 4 is 24.2 Å². The first-order valence-corrected chi connectivity index (χ1v) is 10.8. The van der Waals surface area contributed by atoms with Crippen LogP contribution in [0.25, 0.3) is 0 Å². The lowest BCUT2D eigenvalue weighted by atomic mass is 9.52. The van der Waals surface area contributed by atoms with E-state index >= 15 is 0 Å². The lowest BCUT2D eigenvalue weighted by Crippen LogP contribution is -2.51. The molecule has 3 fully saturated rings. The van der Waals surface area contributed by atoms with Gasteiger partial charge >= 0.3 is 0 Å². The SMILES string of the molecule is CCCC[C@H](O)CC1(CS)CCC2C(C1)C(=O)C[C@]1(C)C(=O)CCC21. The molecule has 0 aliphatic heterocycles. The van der Waals surface area contributed by atoms with E-state index in [2.05, 4.69) is 19.6 Å². The Kier molecular flexibility index (Phi) is 5.70. The van der Waals surface area contributed by atoms with Gasteiger partial charge in [-0.15, -0.1) is 0 Å². The molecule has 0 radical (unpaired) electrons. The lowest BCUT2D eigenvalue weighted by Gasteiger charge is -2.52. The Morgan fingerprint density at radius 3 is 2.76 bits per heavy atom. The molecule has 0 spiro atoms. The van der Waals surface area contributed by atoms with Crippen molar-refractivity contribution < 1.29 is 14.7 Å². The zero-order chi connectivity index (χ0) is 18.2. The Labute approximate surface area is 157 Å². The molecule has 142 valence electrons. The summed E-state index contributed by atoms with van der Waals surface area (Å²) in [6.45, 7) is 4.18. The average molecular weight is 367 g/mol. The van der Waals surface area contributed by atoms with Crippen molar-refractivity contribution in [3.05, 3.63) is 0 Å². The third-order valence-electron chi connectivity index (χ3n) is 7.68. The number of carbonyl (C=O) groups excluding carboxylic acids is 2. The standard InChI is InChI=1S/C21H34O3S/c1-3-4-5-14(22)10-21(13-25)9-8-15-16(11-21)18(23)12-20(2)17(15)6-7-19(20)24/h14-17,22,25H,3-13H2,1-2H3/t14-,15?,16?,17?,20-,21?/m0/s1. The van der Waals surface area contributed by atoms with Crippen molar-refractivity contribution in [1.82, 2.24) is 0 Å². The van der Waals surface area contributed by atoms with Gasteiger partial charge in [-0.25, -0.2) is 0 Å². The summed E-state index contributed by atoms with van der Waals surface area (Å²) < 4.78 is 0. The van der Waals surface area contributed by atoms with E-state index in [1.807, 2.05) is 6.92 Å². The van der Waals surface area contributed by atoms with Crippen LogP contribution < -0.4 is 0 Å². The van der Waals surface area contributed by atoms with Gasteiger partial charge in [-0.05, 0) is 61.5 Å². The lowest BCUT2D eigenvalue weighted by molar-refractivity contribution is -0.147. The van der Waals surface area contributed by atoms with Crippen molar-refractivity contribution in [3.8, 4) is 0 Å². The highest BCUT2D eigenvalue weighted by Gasteiger charge is 2.59. The Balaban J connectivity index is 1.74. The predicted molar refractivity (Wildman–Crippen MR) is 103 cm³/mol. The van der Waals surface area contributed by atoms with Crippen LogP contribution in [0.1, 0.15) is 78.1 Å². The number of unbranched alkanes of at least 4 members (excludes halogenated alkanes) is 1. The first-order chi connectivity index (χ1) is 11.8. The number of aliphatic hydroxyl groups is 1. The maximum Gasteiger partial charge on any atom is 0.139 e. The fraction of sp³-hybridized carbons (Fsp3) is 0.905. The second-order valence-electron chi connectivity index (χ2n) is 9.30. The number of thiol groups is 1. The fourth-order valence-electron chi connectivity index (χ4n) is 6.17. The van der Waals surface area contributed by atoms with E-state index in [1.54, 1.807) is 0 Å². The van der Waals surface area contributed by atoms with E-state index < -0.39 is 0 Å². The molecule has 4 unspecified atom stereocenters. The maximum absolute atomic E-state index is 12.9. The van der Waals surface area contributed by atoms with Crippen molar-refractivity contribution in [3.63, 3.8) is 0 Å². The van der Waals surface area contributed by atoms with Crippen molar-refractivity contribution in [2.45, 2.75) is 84.2 Å². The molecule has 25 heavy (non-hydrogen) atoms. The van der Waals surface area contributed by atoms with E-state index in [0.29, 0.717) is 36.2 Å². The molecule has 0 saturated heterocycles. The van der Waals surface area contributed by atoms with Crippen LogP contribution in [0.4, 0.5) is 0 Å². The highest BCUT2D eigenvalue weighted by molar-refractivity contribution is 7.80. The second-order valence-corrected chi connectivity index (χ2v) is 9.62. The van der Waals surface area contributed by atoms with Gasteiger partial charge in [0.1, 0.15) is 11.6 Å². The van der Waals surface area contributed by atoms with Crippen LogP contribution in [0.2, 0.25) is 0 Å². The van der Waals surface area contributed by atoms with Gasteiger partial charge in [0.05, 0.1) is 6.10 Å². The number of rotatable bonds is 6. The topological polar surface area (TPSA) is 54.4 Å². The summed E-state index contributed by atoms with van der Waals surface area (Å²) in [5.41, 5.74) is -0.399. The Bertz CT molecular complexity index is 533. The molecular weight excluding hydrogens is 332 g/mol. The van der Waals surface area contributed by atoms with Gasteiger partial charge in [0.2, 0.25) is 0 Å². The van der Waals surface area contributed by atoms with Crippen LogP contribution >= 0.6 is 12.6 Å². The molecule has 3 rings (SSSR count). The highest BCUT2D eigenvalue weighted by Crippen LogP contribution is 2.59. The van der Waals surface area contributed by atoms with Crippen molar-refractivity contribution in [2.75, 3.05) is 5.75 Å². The first kappa shape index (κ1) is 19.4. The fourth-order valence-corrected chi connectivity index (χ4v) is 6.59. The molecule has 6 atom stereocenters. The van der Waals surface area contributed by atoms with Crippen molar-refractivity contribution in [2.24, 2.45) is 28.6 Å². The molecule has 3 nitrogen and oxygen atoms in total. The summed E-state index contributed by atoms with van der Waals surface area (Å²) >= 11 is 4.63. The largest absolute Gasteiger partial charge is 0.393 e. The monoisotopic (exact) mass is 366 g/mol. The molecule has 0 heterocycles. The molecule has 0 aromatic rings. The van der Waals surface area contributed by atoms with E-state index in [9.17, 15) is 14.7 Å². The Hall–Kier alpha value is -0.350. The Morgan fingerprint density at radius 1 is 1.32 bits per heavy atom. The van der Waals surface area contributed by atoms with Gasteiger partial charge < -0.3 is 5.11 Å². The summed E-state index contributed by atoms with van der Waals surface area (Å²) in [4.78, 5) is 25.3. The van der Waals surface area contributed by atoms with E-state index in [4.69, 9.17) is 0 Å². The number of carbonyl (C=O) groups is 2. The van der Waals surface area contributed by atoms with Gasteiger partial charge in [-0.3, -0.25) is 9.59 Å². The third kappa shape index (κ3) is 3.45. The minimum Gasteiger partial charge on any atom is -0.393 e. The van der Waals surface area contributed by atoms with Crippen LogP contribution in [-0.4, -0.2) is 28.5 Å². The average Bonchev–Trinajstić information content (AvgIpc) is 2.88. The van der Waals surface area contributed by atoms with Gasteiger partial charge in [0.25, 0.3) is 0 Å². The van der Waals surface area contributed by atoms with Crippen LogP contribution in [0, 0.1) is 28.6 Å². The predicted octanol–water partition coefficient (Wildman–Crippen LogP) is 4.22. The minimum atomic E-state index is -0.389. The summed E-state index contributed by atoms with van der Waals surface area (Å²) in [6.07, 6.45) is 8.49. The van der Waals surface area contributed by atoms with Gasteiger partial charge in [0, 0.05) is 24.2 Å². The number of aliphatic hydroxyl groups excluding tert-OH is 1.